The zero-order valence-corrected chi connectivity index (χ0v) is 85.1. The largest absolute Gasteiger partial charge is 0.481 e. The molecule has 5 aliphatic heterocycles. The van der Waals surface area contributed by atoms with Crippen molar-refractivity contribution in [2.24, 2.45) is 5.92 Å². The fourth-order valence-electron chi connectivity index (χ4n) is 16.4. The lowest BCUT2D eigenvalue weighted by molar-refractivity contribution is -0.462. The van der Waals surface area contributed by atoms with Crippen LogP contribution in [0.2, 0.25) is 0 Å². The number of carbonyl (C=O) groups is 2. The second kappa shape index (κ2) is 50.2. The third-order valence-corrected chi connectivity index (χ3v) is 31.8. The molecule has 11 aliphatic rings. The highest BCUT2D eigenvalue weighted by Gasteiger charge is 2.47. The number of aryl methyl sites for hydroxylation is 1. The average molecular weight is 2070 g/mol. The SMILES string of the molecule is CC1(S(=O)(=O)c2cccc(C(F)(F)F)c2)CCOC(c2cnc(C3CC3)nc2)C1.CN(C)C=C(C=[N+](C)C)C=[N+](C)C.C[C@H]1CCOC(c2cnc(C3CC3)nc2)C1.Cc1cccc(S[C@@H]2CCOC(c3cnc(C4CC4)nc3)C2)c1.O=C(O)CBr.O=Cc1cnc(C2CC2)nc1.O=S(=O)(c1cccc(C(F)(F)F)c1)[C@@H]1CCOC(c2cnc(C3CC3)nc2)C1.O[C@H]1CCOC(c2cnc(C3CC3)nc2)C1. The van der Waals surface area contributed by atoms with Crippen LogP contribution >= 0.6 is 27.7 Å². The van der Waals surface area contributed by atoms with Gasteiger partial charge in [-0.05, 0) is 203 Å². The maximum absolute atomic E-state index is 13.3. The van der Waals surface area contributed by atoms with E-state index < -0.39 is 71.3 Å². The topological polar surface area (TPSA) is 353 Å². The molecule has 38 heteroatoms. The Morgan fingerprint density at radius 1 is 0.489 bits per heavy atom. The van der Waals surface area contributed by atoms with Crippen LogP contribution in [0.25, 0.3) is 0 Å². The summed E-state index contributed by atoms with van der Waals surface area (Å²) in [5.74, 6) is 8.59. The van der Waals surface area contributed by atoms with Gasteiger partial charge in [-0.1, -0.05) is 52.7 Å². The number of aliphatic hydroxyl groups is 1. The molecule has 6 aliphatic carbocycles. The van der Waals surface area contributed by atoms with Gasteiger partial charge in [0.2, 0.25) is 0 Å². The molecule has 20 rings (SSSR count). The Morgan fingerprint density at radius 3 is 1.23 bits per heavy atom. The molecule has 758 valence electrons. The van der Waals surface area contributed by atoms with Crippen LogP contribution in [-0.2, 0) is 60.5 Å². The van der Waals surface area contributed by atoms with Gasteiger partial charge >= 0.3 is 18.3 Å². The van der Waals surface area contributed by atoms with Gasteiger partial charge in [0.25, 0.3) is 0 Å². The summed E-state index contributed by atoms with van der Waals surface area (Å²) in [5.41, 5.74) is 5.74. The summed E-state index contributed by atoms with van der Waals surface area (Å²) in [4.78, 5) is 74.5. The third kappa shape index (κ3) is 33.4. The van der Waals surface area contributed by atoms with Gasteiger partial charge < -0.3 is 38.8 Å². The van der Waals surface area contributed by atoms with Crippen LogP contribution in [0.4, 0.5) is 26.3 Å². The van der Waals surface area contributed by atoms with E-state index in [0.29, 0.717) is 82.6 Å². The van der Waals surface area contributed by atoms with E-state index >= 15 is 0 Å². The lowest BCUT2D eigenvalue weighted by atomic mass is 9.93. The van der Waals surface area contributed by atoms with Crippen molar-refractivity contribution in [2.75, 3.05) is 80.7 Å². The highest BCUT2D eigenvalue weighted by Crippen LogP contribution is 2.48. The molecular weight excluding hydrogens is 1950 g/mol. The average Bonchev–Trinajstić information content (AvgIpc) is 1.74. The number of aliphatic hydroxyl groups excluding tert-OH is 1. The first-order valence-corrected chi connectivity index (χ1v) is 53.3. The van der Waals surface area contributed by atoms with E-state index in [1.54, 1.807) is 44.1 Å². The molecule has 11 heterocycles. The molecule has 0 amide bonds. The maximum atomic E-state index is 13.3. The van der Waals surface area contributed by atoms with Gasteiger partial charge in [0.15, 0.2) is 38.4 Å². The summed E-state index contributed by atoms with van der Waals surface area (Å²) in [5, 5.41) is 17.1. The number of aromatic nitrogens is 12. The molecule has 6 unspecified atom stereocenters. The van der Waals surface area contributed by atoms with E-state index in [-0.39, 0.29) is 78.4 Å². The fourth-order valence-corrected chi connectivity index (χ4v) is 21.2. The van der Waals surface area contributed by atoms with Crippen LogP contribution < -0.4 is 0 Å². The standard InChI is InChI=1S/C20H21F3N2O3S.C19H19F3N2O3S.C19H22N2OS.C13H18N2O.C12H16N2O2.C10H21N3.C8H8N2O.C2H3BrO2/c1-19(29(26,27)16-4-2-3-15(9-16)20(21,22)23)7-8-28-17(10-19)14-11-24-18(25-12-14)13-5-6-13;20-19(21,22)14-2-1-3-15(8-14)28(25,26)16-6-7-27-17(9-16)13-10-23-18(24-11-13)12-4-5-12;1-13-3-2-4-16(9-13)23-17-7-8-22-18(10-17)15-11-20-19(21-12-15)14-5-6-14;1-9-4-5-16-12(6-9)11-7-14-13(15-8-11)10-2-3-10;15-10-3-4-16-11(5-10)9-6-13-12(14-7-9)8-1-2-8;1-11(2)7-10(8-12(3)4)9-13(5)6;11-5-6-3-9-8(10-4-6)7-1-2-7;3-1-2(4)5/h2-4,9,11-13,17H,5-8,10H2,1H3;1-3,8,10-12,16-17H,4-7,9H2;2-4,9,11-12,14,17-18H,5-8,10H2,1H3;7-10,12H,2-6H2,1H3;6-8,10-11,15H,1-5H2;7-9H,1-6H3;3-5,7H,1-2H2;1H2,(H,4,5)/q;;;;;+2;;/t;16-,17?;17-,18?;9-,12?;10-,11?;;;/m.1100.../s1. The number of allylic oxidation sites excluding steroid dienone is 1. The minimum atomic E-state index is -4.61. The van der Waals surface area contributed by atoms with Crippen LogP contribution in [-0.4, -0.2) is 228 Å². The minimum Gasteiger partial charge on any atom is -0.481 e. The molecule has 11 fully saturated rings. The van der Waals surface area contributed by atoms with E-state index in [9.17, 15) is 57.9 Å². The van der Waals surface area contributed by atoms with E-state index in [1.807, 2.05) is 105 Å². The third-order valence-electron chi connectivity index (χ3n) is 25.3. The van der Waals surface area contributed by atoms with Crippen LogP contribution in [0.3, 0.4) is 0 Å². The summed E-state index contributed by atoms with van der Waals surface area (Å²) in [6.45, 7) is 8.70. The second-order valence-electron chi connectivity index (χ2n) is 38.7. The van der Waals surface area contributed by atoms with E-state index in [2.05, 4.69) is 132 Å². The molecule has 6 saturated carbocycles. The van der Waals surface area contributed by atoms with Gasteiger partial charge in [-0.15, -0.1) is 11.8 Å². The smallest absolute Gasteiger partial charge is 0.416 e. The summed E-state index contributed by atoms with van der Waals surface area (Å²) in [6.07, 6.45) is 38.9. The molecule has 0 radical (unpaired) electrons. The highest BCUT2D eigenvalue weighted by molar-refractivity contribution is 9.09. The second-order valence-corrected chi connectivity index (χ2v) is 45.3. The monoisotopic (exact) mass is 2070 g/mol. The zero-order valence-electron chi connectivity index (χ0n) is 81.1. The predicted octanol–water partition coefficient (Wildman–Crippen LogP) is 19.4. The Balaban J connectivity index is 0.000000140. The van der Waals surface area contributed by atoms with Crippen molar-refractivity contribution >= 4 is 72.1 Å². The Hall–Kier alpha value is -9.77. The molecule has 0 spiro atoms. The van der Waals surface area contributed by atoms with Crippen LogP contribution in [0, 0.1) is 12.8 Å². The number of ether oxygens (including phenoxy) is 5. The maximum Gasteiger partial charge on any atom is 0.416 e. The Bertz CT molecular complexity index is 5810. The van der Waals surface area contributed by atoms with Crippen LogP contribution in [0.15, 0.2) is 174 Å². The Morgan fingerprint density at radius 2 is 0.851 bits per heavy atom. The Labute approximate surface area is 834 Å². The van der Waals surface area contributed by atoms with Crippen molar-refractivity contribution < 1.29 is 95.8 Å². The van der Waals surface area contributed by atoms with Crippen molar-refractivity contribution in [1.82, 2.24) is 64.7 Å². The number of carboxylic acids is 1. The van der Waals surface area contributed by atoms with E-state index in [4.69, 9.17) is 28.8 Å². The van der Waals surface area contributed by atoms with Gasteiger partial charge in [0.1, 0.15) is 74.0 Å². The molecule has 3 aromatic carbocycles. The first-order valence-electron chi connectivity index (χ1n) is 48.2. The number of thioether (sulfide) groups is 1. The molecule has 6 aromatic heterocycles. The number of alkyl halides is 7. The number of sulfone groups is 2. The van der Waals surface area contributed by atoms with E-state index in [1.165, 1.54) is 86.0 Å². The molecule has 28 nitrogen and oxygen atoms in total. The lowest BCUT2D eigenvalue weighted by Crippen LogP contribution is -2.42. The molecular formula is C103H128BrF6N15O13S3+2. The predicted molar refractivity (Wildman–Crippen MR) is 524 cm³/mol. The number of rotatable bonds is 22. The first kappa shape index (κ1) is 108. The number of hydrogen-bond donors (Lipinski definition) is 2. The number of carbonyl (C=O) groups excluding carboxylic acids is 1. The number of hydrogen-bond acceptors (Lipinski definition) is 26. The lowest BCUT2D eigenvalue weighted by Gasteiger charge is -2.37. The van der Waals surface area contributed by atoms with Crippen molar-refractivity contribution in [3.8, 4) is 0 Å². The first-order chi connectivity index (χ1) is 67.4. The van der Waals surface area contributed by atoms with Crippen molar-refractivity contribution in [3.05, 3.63) is 244 Å². The van der Waals surface area contributed by atoms with Crippen LogP contribution in [0.1, 0.15) is 311 Å². The summed E-state index contributed by atoms with van der Waals surface area (Å²) >= 11 is 4.69. The van der Waals surface area contributed by atoms with Crippen molar-refractivity contribution in [3.63, 3.8) is 0 Å². The van der Waals surface area contributed by atoms with Crippen molar-refractivity contribution in [2.45, 2.75) is 276 Å². The number of halogens is 7. The van der Waals surface area contributed by atoms with Crippen molar-refractivity contribution in [1.29, 1.82) is 0 Å². The normalized spacial score (nSPS) is 23.2. The highest BCUT2D eigenvalue weighted by atomic mass is 79.9. The molecule has 0 bridgehead atoms. The summed E-state index contributed by atoms with van der Waals surface area (Å²) < 4.78 is 162. The Kier molecular flexibility index (Phi) is 38.6. The number of carboxylic acid groups (broad SMARTS) is 1. The van der Waals surface area contributed by atoms with Gasteiger partial charge in [-0.25, -0.2) is 85.8 Å². The number of nitrogens with zero attached hydrogens (tertiary/aromatic N) is 15. The van der Waals surface area contributed by atoms with Gasteiger partial charge in [-0.3, -0.25) is 9.59 Å². The van der Waals surface area contributed by atoms with Gasteiger partial charge in [0.05, 0.1) is 73.1 Å². The van der Waals surface area contributed by atoms with Gasteiger partial charge in [0, 0.05) is 208 Å². The molecule has 10 atom stereocenters. The molecule has 5 saturated heterocycles. The number of aldehydes is 1. The number of aliphatic carboxylic acids is 1. The van der Waals surface area contributed by atoms with Crippen LogP contribution in [0.5, 0.6) is 0 Å². The molecule has 9 aromatic rings. The minimum absolute atomic E-state index is 0.0306. The summed E-state index contributed by atoms with van der Waals surface area (Å²) in [6, 6.07) is 16.6. The van der Waals surface area contributed by atoms with E-state index in [0.717, 1.165) is 153 Å². The quantitative estimate of drug-likeness (QED) is 0.0209. The fraction of sp³-hybridized carbons (Fsp3) is 0.534. The summed E-state index contributed by atoms with van der Waals surface area (Å²) in [7, 11) is 4.19. The number of benzene rings is 3. The molecule has 2 N–H and O–H groups in total. The van der Waals surface area contributed by atoms with Gasteiger partial charge in [-0.2, -0.15) is 26.3 Å². The molecule has 141 heavy (non-hydrogen) atoms. The zero-order chi connectivity index (χ0) is 101.